The molecule has 0 fully saturated rings. The van der Waals surface area contributed by atoms with Crippen LogP contribution in [-0.2, 0) is 0 Å². The van der Waals surface area contributed by atoms with Crippen molar-refractivity contribution in [1.82, 2.24) is 9.97 Å². The SMILES string of the molecule is CCC(N)c1nc(-c2ccc(Br)cc2)c(C)[nH]1. The Labute approximate surface area is 110 Å². The van der Waals surface area contributed by atoms with Crippen molar-refractivity contribution in [2.24, 2.45) is 5.73 Å². The predicted molar refractivity (Wildman–Crippen MR) is 73.7 cm³/mol. The van der Waals surface area contributed by atoms with Gasteiger partial charge in [0.15, 0.2) is 0 Å². The Kier molecular flexibility index (Phi) is 3.64. The molecule has 4 heteroatoms. The Bertz CT molecular complexity index is 502. The van der Waals surface area contributed by atoms with Gasteiger partial charge in [0.1, 0.15) is 5.82 Å². The maximum Gasteiger partial charge on any atom is 0.123 e. The lowest BCUT2D eigenvalue weighted by Gasteiger charge is -2.02. The third kappa shape index (κ3) is 2.58. The second-order valence-corrected chi connectivity index (χ2v) is 5.03. The quantitative estimate of drug-likeness (QED) is 0.909. The van der Waals surface area contributed by atoms with Crippen LogP contribution in [0.1, 0.15) is 30.9 Å². The Morgan fingerprint density at radius 2 is 2.00 bits per heavy atom. The van der Waals surface area contributed by atoms with Gasteiger partial charge in [-0.3, -0.25) is 0 Å². The maximum absolute atomic E-state index is 5.98. The van der Waals surface area contributed by atoms with E-state index in [4.69, 9.17) is 5.73 Å². The summed E-state index contributed by atoms with van der Waals surface area (Å²) >= 11 is 3.43. The lowest BCUT2D eigenvalue weighted by Crippen LogP contribution is -2.10. The molecule has 0 bridgehead atoms. The third-order valence-corrected chi connectivity index (χ3v) is 3.34. The van der Waals surface area contributed by atoms with Gasteiger partial charge in [0, 0.05) is 15.7 Å². The largest absolute Gasteiger partial charge is 0.344 e. The van der Waals surface area contributed by atoms with E-state index in [0.717, 1.165) is 33.7 Å². The van der Waals surface area contributed by atoms with Gasteiger partial charge in [0.05, 0.1) is 11.7 Å². The number of aromatic nitrogens is 2. The van der Waals surface area contributed by atoms with Gasteiger partial charge in [-0.1, -0.05) is 35.0 Å². The fraction of sp³-hybridized carbons (Fsp3) is 0.308. The Hall–Kier alpha value is -1.13. The molecule has 0 saturated carbocycles. The smallest absolute Gasteiger partial charge is 0.123 e. The monoisotopic (exact) mass is 293 g/mol. The van der Waals surface area contributed by atoms with Crippen molar-refractivity contribution in [2.45, 2.75) is 26.3 Å². The molecular formula is C13H16BrN3. The van der Waals surface area contributed by atoms with E-state index in [0.29, 0.717) is 0 Å². The molecule has 3 N–H and O–H groups in total. The number of benzene rings is 1. The van der Waals surface area contributed by atoms with E-state index in [1.54, 1.807) is 0 Å². The van der Waals surface area contributed by atoms with Crippen LogP contribution in [-0.4, -0.2) is 9.97 Å². The summed E-state index contributed by atoms with van der Waals surface area (Å²) in [6.45, 7) is 4.08. The molecule has 0 amide bonds. The van der Waals surface area contributed by atoms with Crippen molar-refractivity contribution >= 4 is 15.9 Å². The summed E-state index contributed by atoms with van der Waals surface area (Å²) < 4.78 is 1.07. The minimum absolute atomic E-state index is 0.0158. The van der Waals surface area contributed by atoms with E-state index in [-0.39, 0.29) is 6.04 Å². The highest BCUT2D eigenvalue weighted by molar-refractivity contribution is 9.10. The lowest BCUT2D eigenvalue weighted by molar-refractivity contribution is 0.657. The van der Waals surface area contributed by atoms with E-state index in [9.17, 15) is 0 Å². The van der Waals surface area contributed by atoms with Crippen LogP contribution in [0.3, 0.4) is 0 Å². The van der Waals surface area contributed by atoms with Crippen LogP contribution >= 0.6 is 15.9 Å². The van der Waals surface area contributed by atoms with Gasteiger partial charge in [-0.25, -0.2) is 4.98 Å². The Balaban J connectivity index is 2.39. The van der Waals surface area contributed by atoms with Gasteiger partial charge in [0.2, 0.25) is 0 Å². The van der Waals surface area contributed by atoms with E-state index >= 15 is 0 Å². The number of hydrogen-bond donors (Lipinski definition) is 2. The fourth-order valence-corrected chi connectivity index (χ4v) is 2.01. The topological polar surface area (TPSA) is 54.7 Å². The van der Waals surface area contributed by atoms with Crippen LogP contribution in [0.5, 0.6) is 0 Å². The van der Waals surface area contributed by atoms with Crippen LogP contribution in [0.15, 0.2) is 28.7 Å². The standard InChI is InChI=1S/C13H16BrN3/c1-3-11(15)13-16-8(2)12(17-13)9-4-6-10(14)7-5-9/h4-7,11H,3,15H2,1-2H3,(H,16,17). The molecule has 0 saturated heterocycles. The highest BCUT2D eigenvalue weighted by Crippen LogP contribution is 2.24. The molecule has 2 aromatic rings. The average molecular weight is 294 g/mol. The highest BCUT2D eigenvalue weighted by atomic mass is 79.9. The molecule has 0 aliphatic heterocycles. The summed E-state index contributed by atoms with van der Waals surface area (Å²) in [5.74, 6) is 0.864. The van der Waals surface area contributed by atoms with Crippen molar-refractivity contribution in [1.29, 1.82) is 0 Å². The van der Waals surface area contributed by atoms with Gasteiger partial charge in [-0.2, -0.15) is 0 Å². The van der Waals surface area contributed by atoms with Gasteiger partial charge in [-0.15, -0.1) is 0 Å². The first-order valence-corrected chi connectivity index (χ1v) is 6.49. The molecule has 1 heterocycles. The number of nitrogens with zero attached hydrogens (tertiary/aromatic N) is 1. The molecular weight excluding hydrogens is 278 g/mol. The Morgan fingerprint density at radius 1 is 1.35 bits per heavy atom. The minimum atomic E-state index is -0.0158. The first-order valence-electron chi connectivity index (χ1n) is 5.69. The zero-order valence-corrected chi connectivity index (χ0v) is 11.6. The average Bonchev–Trinajstić information content (AvgIpc) is 2.71. The molecule has 1 aromatic heterocycles. The minimum Gasteiger partial charge on any atom is -0.344 e. The van der Waals surface area contributed by atoms with Gasteiger partial charge >= 0.3 is 0 Å². The summed E-state index contributed by atoms with van der Waals surface area (Å²) in [6, 6.07) is 8.12. The van der Waals surface area contributed by atoms with Crippen LogP contribution in [0, 0.1) is 6.92 Å². The molecule has 1 unspecified atom stereocenters. The molecule has 0 aliphatic carbocycles. The number of aryl methyl sites for hydroxylation is 1. The fourth-order valence-electron chi connectivity index (χ4n) is 1.74. The first kappa shape index (κ1) is 12.3. The molecule has 0 aliphatic rings. The summed E-state index contributed by atoms with van der Waals surface area (Å²) in [4.78, 5) is 7.85. The van der Waals surface area contributed by atoms with Gasteiger partial charge in [0.25, 0.3) is 0 Å². The lowest BCUT2D eigenvalue weighted by atomic mass is 10.1. The van der Waals surface area contributed by atoms with Crippen molar-refractivity contribution in [3.63, 3.8) is 0 Å². The zero-order chi connectivity index (χ0) is 12.4. The predicted octanol–water partition coefficient (Wildman–Crippen LogP) is 3.56. The van der Waals surface area contributed by atoms with Crippen molar-refractivity contribution < 1.29 is 0 Å². The maximum atomic E-state index is 5.98. The van der Waals surface area contributed by atoms with Crippen molar-refractivity contribution in [3.05, 3.63) is 40.3 Å². The second-order valence-electron chi connectivity index (χ2n) is 4.12. The number of nitrogens with two attached hydrogens (primary N) is 1. The van der Waals surface area contributed by atoms with Crippen LogP contribution in [0.2, 0.25) is 0 Å². The summed E-state index contributed by atoms with van der Waals surface area (Å²) in [5, 5.41) is 0. The normalized spacial score (nSPS) is 12.7. The molecule has 0 spiro atoms. The molecule has 1 aromatic carbocycles. The van der Waals surface area contributed by atoms with Crippen molar-refractivity contribution in [2.75, 3.05) is 0 Å². The summed E-state index contributed by atoms with van der Waals surface area (Å²) in [6.07, 6.45) is 0.882. The molecule has 2 rings (SSSR count). The van der Waals surface area contributed by atoms with E-state index in [2.05, 4.69) is 45.0 Å². The van der Waals surface area contributed by atoms with Crippen LogP contribution < -0.4 is 5.73 Å². The summed E-state index contributed by atoms with van der Waals surface area (Å²) in [7, 11) is 0. The number of imidazole rings is 1. The first-order chi connectivity index (χ1) is 8.11. The molecule has 90 valence electrons. The number of aromatic amines is 1. The number of H-pyrrole nitrogens is 1. The van der Waals surface area contributed by atoms with Crippen LogP contribution in [0.25, 0.3) is 11.3 Å². The molecule has 17 heavy (non-hydrogen) atoms. The second kappa shape index (κ2) is 5.02. The van der Waals surface area contributed by atoms with Crippen LogP contribution in [0.4, 0.5) is 0 Å². The molecule has 0 radical (unpaired) electrons. The number of nitrogens with one attached hydrogen (secondary N) is 1. The van der Waals surface area contributed by atoms with Gasteiger partial charge < -0.3 is 10.7 Å². The number of rotatable bonds is 3. The molecule has 1 atom stereocenters. The van der Waals surface area contributed by atoms with Gasteiger partial charge in [-0.05, 0) is 25.5 Å². The number of hydrogen-bond acceptors (Lipinski definition) is 2. The van der Waals surface area contributed by atoms with Crippen molar-refractivity contribution in [3.8, 4) is 11.3 Å². The number of halogens is 1. The third-order valence-electron chi connectivity index (χ3n) is 2.81. The Morgan fingerprint density at radius 3 is 2.59 bits per heavy atom. The highest BCUT2D eigenvalue weighted by Gasteiger charge is 2.12. The summed E-state index contributed by atoms with van der Waals surface area (Å²) in [5.41, 5.74) is 9.13. The van der Waals surface area contributed by atoms with E-state index < -0.39 is 0 Å². The van der Waals surface area contributed by atoms with E-state index in [1.165, 1.54) is 0 Å². The molecule has 3 nitrogen and oxygen atoms in total. The zero-order valence-electron chi connectivity index (χ0n) is 10.00. The van der Waals surface area contributed by atoms with E-state index in [1.807, 2.05) is 19.1 Å².